The second-order valence-electron chi connectivity index (χ2n) is 2.16. The summed E-state index contributed by atoms with van der Waals surface area (Å²) < 4.78 is 3.92. The molecule has 0 aliphatic carbocycles. The van der Waals surface area contributed by atoms with Gasteiger partial charge in [-0.1, -0.05) is 0 Å². The standard InChI is InChI=1S/C6H10INO4/c1-3(9)4(5(7)10)8-6(11)12-2/h3-4,9H,1-2H3,(H,8,11)/t3-,4-/m0/s1. The van der Waals surface area contributed by atoms with E-state index < -0.39 is 18.2 Å². The van der Waals surface area contributed by atoms with Gasteiger partial charge in [0.1, 0.15) is 6.04 Å². The maximum atomic E-state index is 10.8. The number of nitrogens with one attached hydrogen (secondary N) is 1. The molecule has 0 saturated heterocycles. The SMILES string of the molecule is COC(=O)N[C@H](C(=O)I)[C@H](C)O. The fourth-order valence-electron chi connectivity index (χ4n) is 0.553. The number of methoxy groups -OCH3 is 1. The van der Waals surface area contributed by atoms with Crippen molar-refractivity contribution >= 4 is 32.5 Å². The number of rotatable bonds is 3. The number of hydrogen-bond acceptors (Lipinski definition) is 4. The van der Waals surface area contributed by atoms with Gasteiger partial charge in [-0.2, -0.15) is 0 Å². The number of aliphatic hydroxyl groups is 1. The molecule has 0 saturated carbocycles. The summed E-state index contributed by atoms with van der Waals surface area (Å²) in [5.74, 6) is 0. The Balaban J connectivity index is 4.14. The highest BCUT2D eigenvalue weighted by atomic mass is 127. The number of aliphatic hydroxyl groups excluding tert-OH is 1. The van der Waals surface area contributed by atoms with Crippen molar-refractivity contribution in [1.29, 1.82) is 0 Å². The van der Waals surface area contributed by atoms with Gasteiger partial charge in [0, 0.05) is 22.6 Å². The Morgan fingerprint density at radius 3 is 2.33 bits per heavy atom. The van der Waals surface area contributed by atoms with Gasteiger partial charge in [-0.15, -0.1) is 0 Å². The van der Waals surface area contributed by atoms with Crippen LogP contribution in [0.4, 0.5) is 4.79 Å². The van der Waals surface area contributed by atoms with Gasteiger partial charge in [0.15, 0.2) is 0 Å². The van der Waals surface area contributed by atoms with E-state index in [1.807, 2.05) is 0 Å². The van der Waals surface area contributed by atoms with E-state index in [4.69, 9.17) is 5.11 Å². The summed E-state index contributed by atoms with van der Waals surface area (Å²) in [7, 11) is 1.19. The minimum absolute atomic E-state index is 0.340. The first-order chi connectivity index (χ1) is 5.49. The highest BCUT2D eigenvalue weighted by Gasteiger charge is 2.23. The van der Waals surface area contributed by atoms with Gasteiger partial charge >= 0.3 is 6.09 Å². The average molecular weight is 287 g/mol. The van der Waals surface area contributed by atoms with Crippen LogP contribution in [-0.2, 0) is 9.53 Å². The van der Waals surface area contributed by atoms with E-state index in [1.54, 1.807) is 0 Å². The molecule has 0 aromatic rings. The number of hydrogen-bond donors (Lipinski definition) is 2. The second kappa shape index (κ2) is 5.31. The quantitative estimate of drug-likeness (QED) is 0.568. The third-order valence-electron chi connectivity index (χ3n) is 1.19. The lowest BCUT2D eigenvalue weighted by molar-refractivity contribution is -0.113. The minimum Gasteiger partial charge on any atom is -0.453 e. The molecule has 0 radical (unpaired) electrons. The van der Waals surface area contributed by atoms with E-state index in [1.165, 1.54) is 36.6 Å². The van der Waals surface area contributed by atoms with Gasteiger partial charge in [0.05, 0.1) is 13.2 Å². The minimum atomic E-state index is -0.923. The van der Waals surface area contributed by atoms with Crippen LogP contribution < -0.4 is 5.32 Å². The van der Waals surface area contributed by atoms with Crippen molar-refractivity contribution in [2.75, 3.05) is 7.11 Å². The summed E-state index contributed by atoms with van der Waals surface area (Å²) in [6.07, 6.45) is -1.65. The molecule has 0 aliphatic rings. The zero-order valence-corrected chi connectivity index (χ0v) is 8.86. The van der Waals surface area contributed by atoms with Gasteiger partial charge in [0.25, 0.3) is 0 Å². The third-order valence-corrected chi connectivity index (χ3v) is 1.86. The fourth-order valence-corrected chi connectivity index (χ4v) is 1.23. The van der Waals surface area contributed by atoms with Crippen molar-refractivity contribution in [3.05, 3.63) is 0 Å². The second-order valence-corrected chi connectivity index (χ2v) is 3.22. The molecule has 1 amide bonds. The molecule has 2 N–H and O–H groups in total. The summed E-state index contributed by atoms with van der Waals surface area (Å²) in [6, 6.07) is -0.905. The molecule has 0 aromatic heterocycles. The third kappa shape index (κ3) is 3.86. The van der Waals surface area contributed by atoms with Crippen molar-refractivity contribution < 1.29 is 19.4 Å². The molecular formula is C6H10INO4. The summed E-state index contributed by atoms with van der Waals surface area (Å²) in [5.41, 5.74) is 0. The number of amides is 1. The molecule has 70 valence electrons. The summed E-state index contributed by atoms with van der Waals surface area (Å²) in [5, 5.41) is 11.2. The molecule has 0 unspecified atom stereocenters. The highest BCUT2D eigenvalue weighted by Crippen LogP contribution is 2.00. The number of halogens is 1. The number of alkyl carbamates (subject to hydrolysis) is 1. The van der Waals surface area contributed by atoms with E-state index in [0.29, 0.717) is 0 Å². The van der Waals surface area contributed by atoms with Crippen LogP contribution in [0.1, 0.15) is 6.92 Å². The molecule has 0 rings (SSSR count). The number of ether oxygens (including phenoxy) is 1. The van der Waals surface area contributed by atoms with Gasteiger partial charge in [-0.25, -0.2) is 4.79 Å². The normalized spacial score (nSPS) is 14.7. The van der Waals surface area contributed by atoms with Gasteiger partial charge in [-0.3, -0.25) is 4.79 Å². The van der Waals surface area contributed by atoms with Crippen molar-refractivity contribution in [2.45, 2.75) is 19.1 Å². The zero-order chi connectivity index (χ0) is 9.72. The predicted molar refractivity (Wildman–Crippen MR) is 50.0 cm³/mol. The summed E-state index contributed by atoms with van der Waals surface area (Å²) in [4.78, 5) is 21.4. The Morgan fingerprint density at radius 2 is 2.08 bits per heavy atom. The topological polar surface area (TPSA) is 75.6 Å². The molecular weight excluding hydrogens is 277 g/mol. The first-order valence-electron chi connectivity index (χ1n) is 3.21. The van der Waals surface area contributed by atoms with Crippen molar-refractivity contribution in [1.82, 2.24) is 5.32 Å². The van der Waals surface area contributed by atoms with Crippen LogP contribution in [0.15, 0.2) is 0 Å². The van der Waals surface area contributed by atoms with Crippen LogP contribution in [0.25, 0.3) is 0 Å². The molecule has 0 heterocycles. The molecule has 12 heavy (non-hydrogen) atoms. The van der Waals surface area contributed by atoms with Crippen LogP contribution >= 0.6 is 22.6 Å². The van der Waals surface area contributed by atoms with E-state index in [9.17, 15) is 9.59 Å². The monoisotopic (exact) mass is 287 g/mol. The van der Waals surface area contributed by atoms with Gasteiger partial charge < -0.3 is 15.2 Å². The first kappa shape index (κ1) is 11.6. The van der Waals surface area contributed by atoms with E-state index in [2.05, 4.69) is 10.1 Å². The molecule has 0 aliphatic heterocycles. The Labute approximate surface area is 83.6 Å². The number of carbonyl (C=O) groups is 2. The lowest BCUT2D eigenvalue weighted by atomic mass is 10.2. The molecule has 0 aromatic carbocycles. The smallest absolute Gasteiger partial charge is 0.407 e. The fraction of sp³-hybridized carbons (Fsp3) is 0.667. The maximum Gasteiger partial charge on any atom is 0.407 e. The Kier molecular flexibility index (Phi) is 5.14. The molecule has 0 fully saturated rings. The lowest BCUT2D eigenvalue weighted by Crippen LogP contribution is -2.45. The van der Waals surface area contributed by atoms with E-state index >= 15 is 0 Å². The van der Waals surface area contributed by atoms with Gasteiger partial charge in [-0.05, 0) is 6.92 Å². The maximum absolute atomic E-state index is 10.8. The van der Waals surface area contributed by atoms with Crippen LogP contribution in [0.2, 0.25) is 0 Å². The van der Waals surface area contributed by atoms with E-state index in [-0.39, 0.29) is 3.79 Å². The largest absolute Gasteiger partial charge is 0.453 e. The van der Waals surface area contributed by atoms with Gasteiger partial charge in [0.2, 0.25) is 3.79 Å². The Morgan fingerprint density at radius 1 is 1.58 bits per heavy atom. The molecule has 5 nitrogen and oxygen atoms in total. The zero-order valence-electron chi connectivity index (χ0n) is 6.70. The average Bonchev–Trinajstić information content (AvgIpc) is 1.98. The summed E-state index contributed by atoms with van der Waals surface area (Å²) >= 11 is 1.50. The van der Waals surface area contributed by atoms with E-state index in [0.717, 1.165) is 0 Å². The predicted octanol–water partition coefficient (Wildman–Crippen LogP) is 0.0534. The van der Waals surface area contributed by atoms with Crippen LogP contribution in [0.5, 0.6) is 0 Å². The van der Waals surface area contributed by atoms with Crippen LogP contribution in [-0.4, -0.2) is 34.2 Å². The molecule has 2 atom stereocenters. The molecule has 6 heteroatoms. The highest BCUT2D eigenvalue weighted by molar-refractivity contribution is 14.1. The first-order valence-corrected chi connectivity index (χ1v) is 4.28. The van der Waals surface area contributed by atoms with Crippen molar-refractivity contribution in [2.24, 2.45) is 0 Å². The van der Waals surface area contributed by atoms with Crippen LogP contribution in [0.3, 0.4) is 0 Å². The van der Waals surface area contributed by atoms with Crippen molar-refractivity contribution in [3.63, 3.8) is 0 Å². The van der Waals surface area contributed by atoms with Crippen molar-refractivity contribution in [3.8, 4) is 0 Å². The number of carbonyl (C=O) groups excluding carboxylic acids is 2. The summed E-state index contributed by atoms with van der Waals surface area (Å²) in [6.45, 7) is 1.41. The molecule has 0 bridgehead atoms. The van der Waals surface area contributed by atoms with Crippen LogP contribution in [0, 0.1) is 0 Å². The molecule has 0 spiro atoms. The Bertz CT molecular complexity index is 182. The lowest BCUT2D eigenvalue weighted by Gasteiger charge is -2.16. The Hall–Kier alpha value is -0.370.